The van der Waals surface area contributed by atoms with Crippen molar-refractivity contribution < 1.29 is 24.2 Å². The highest BCUT2D eigenvalue weighted by molar-refractivity contribution is 6.29. The van der Waals surface area contributed by atoms with Crippen LogP contribution in [0.4, 0.5) is 5.69 Å². The smallest absolute Gasteiger partial charge is 0.337 e. The second-order valence-electron chi connectivity index (χ2n) is 4.91. The molecule has 0 fully saturated rings. The summed E-state index contributed by atoms with van der Waals surface area (Å²) in [7, 11) is 3.07. The van der Waals surface area contributed by atoms with Crippen LogP contribution in [0.3, 0.4) is 0 Å². The maximum atomic E-state index is 11.3. The SMILES string of the molecule is COc1ccc(CC(C=O)=Nc2ccccc2C(=O)O)cc1OC. The summed E-state index contributed by atoms with van der Waals surface area (Å²) in [5.74, 6) is 0.0407. The number of carbonyl (C=O) groups excluding carboxylic acids is 1. The van der Waals surface area contributed by atoms with Crippen LogP contribution in [0.5, 0.6) is 11.5 Å². The fourth-order valence-electron chi connectivity index (χ4n) is 2.21. The van der Waals surface area contributed by atoms with E-state index < -0.39 is 5.97 Å². The van der Waals surface area contributed by atoms with Gasteiger partial charge in [0.1, 0.15) is 0 Å². The number of aliphatic imine (C=N–C) groups is 1. The molecule has 124 valence electrons. The minimum atomic E-state index is -1.09. The lowest BCUT2D eigenvalue weighted by Gasteiger charge is -2.09. The number of para-hydroxylation sites is 1. The molecule has 2 rings (SSSR count). The van der Waals surface area contributed by atoms with E-state index in [1.807, 2.05) is 0 Å². The lowest BCUT2D eigenvalue weighted by molar-refractivity contribution is -0.102. The van der Waals surface area contributed by atoms with E-state index in [2.05, 4.69) is 4.99 Å². The number of ether oxygens (including phenoxy) is 2. The van der Waals surface area contributed by atoms with Crippen LogP contribution in [0.15, 0.2) is 47.5 Å². The van der Waals surface area contributed by atoms with Crippen molar-refractivity contribution in [1.29, 1.82) is 0 Å². The minimum Gasteiger partial charge on any atom is -0.493 e. The van der Waals surface area contributed by atoms with Crippen LogP contribution in [-0.4, -0.2) is 37.3 Å². The molecule has 0 saturated heterocycles. The van der Waals surface area contributed by atoms with Gasteiger partial charge < -0.3 is 14.6 Å². The number of aromatic carboxylic acids is 1. The van der Waals surface area contributed by atoms with E-state index in [-0.39, 0.29) is 23.4 Å². The van der Waals surface area contributed by atoms with E-state index in [0.717, 1.165) is 5.56 Å². The maximum absolute atomic E-state index is 11.3. The number of hydrogen-bond acceptors (Lipinski definition) is 5. The normalized spacial score (nSPS) is 11.0. The zero-order valence-electron chi connectivity index (χ0n) is 13.4. The van der Waals surface area contributed by atoms with Gasteiger partial charge in [-0.05, 0) is 29.8 Å². The van der Waals surface area contributed by atoms with Crippen molar-refractivity contribution in [3.05, 3.63) is 53.6 Å². The Hall–Kier alpha value is -3.15. The van der Waals surface area contributed by atoms with Gasteiger partial charge >= 0.3 is 5.97 Å². The van der Waals surface area contributed by atoms with Crippen LogP contribution in [0.1, 0.15) is 15.9 Å². The van der Waals surface area contributed by atoms with Gasteiger partial charge in [0.05, 0.1) is 31.2 Å². The van der Waals surface area contributed by atoms with Crippen molar-refractivity contribution in [2.45, 2.75) is 6.42 Å². The summed E-state index contributed by atoms with van der Waals surface area (Å²) in [6, 6.07) is 11.6. The highest BCUT2D eigenvalue weighted by Gasteiger charge is 2.11. The van der Waals surface area contributed by atoms with Gasteiger partial charge in [0.25, 0.3) is 0 Å². The maximum Gasteiger partial charge on any atom is 0.337 e. The zero-order chi connectivity index (χ0) is 17.5. The van der Waals surface area contributed by atoms with Crippen LogP contribution in [0, 0.1) is 0 Å². The Balaban J connectivity index is 2.33. The highest BCUT2D eigenvalue weighted by Crippen LogP contribution is 2.28. The molecule has 0 unspecified atom stereocenters. The fraction of sp³-hybridized carbons (Fsp3) is 0.167. The molecule has 0 heterocycles. The first-order valence-corrected chi connectivity index (χ1v) is 7.15. The monoisotopic (exact) mass is 327 g/mol. The van der Waals surface area contributed by atoms with Gasteiger partial charge in [-0.3, -0.25) is 4.79 Å². The number of nitrogens with zero attached hydrogens (tertiary/aromatic N) is 1. The quantitative estimate of drug-likeness (QED) is 0.624. The number of methoxy groups -OCH3 is 2. The molecule has 2 aromatic rings. The molecule has 0 aromatic heterocycles. The third kappa shape index (κ3) is 3.98. The standard InChI is InChI=1S/C18H17NO5/c1-23-16-8-7-12(10-17(16)24-2)9-13(11-20)19-15-6-4-3-5-14(15)18(21)22/h3-8,10-11H,9H2,1-2H3,(H,21,22). The molecule has 0 aliphatic rings. The second kappa shape index (κ2) is 7.92. The minimum absolute atomic E-state index is 0.0455. The summed E-state index contributed by atoms with van der Waals surface area (Å²) in [4.78, 5) is 26.7. The van der Waals surface area contributed by atoms with Crippen molar-refractivity contribution in [3.63, 3.8) is 0 Å². The van der Waals surface area contributed by atoms with Crippen LogP contribution >= 0.6 is 0 Å². The molecule has 0 bridgehead atoms. The molecule has 0 amide bonds. The molecule has 24 heavy (non-hydrogen) atoms. The number of benzene rings is 2. The predicted molar refractivity (Wildman–Crippen MR) is 89.8 cm³/mol. The summed E-state index contributed by atoms with van der Waals surface area (Å²) in [6.07, 6.45) is 0.868. The van der Waals surface area contributed by atoms with Crippen LogP contribution in [0.2, 0.25) is 0 Å². The molecule has 6 heteroatoms. The largest absolute Gasteiger partial charge is 0.493 e. The molecule has 1 N–H and O–H groups in total. The van der Waals surface area contributed by atoms with Crippen molar-refractivity contribution in [3.8, 4) is 11.5 Å². The van der Waals surface area contributed by atoms with Crippen LogP contribution in [0.25, 0.3) is 0 Å². The summed E-state index contributed by atoms with van der Waals surface area (Å²) >= 11 is 0. The van der Waals surface area contributed by atoms with Crippen LogP contribution < -0.4 is 9.47 Å². The number of carboxylic acid groups (broad SMARTS) is 1. The predicted octanol–water partition coefficient (Wildman–Crippen LogP) is 2.92. The Labute approximate surface area is 139 Å². The lowest BCUT2D eigenvalue weighted by Crippen LogP contribution is -2.06. The average Bonchev–Trinajstić information content (AvgIpc) is 2.61. The van der Waals surface area contributed by atoms with Gasteiger partial charge in [0.2, 0.25) is 0 Å². The Morgan fingerprint density at radius 2 is 1.83 bits per heavy atom. The topological polar surface area (TPSA) is 85.2 Å². The summed E-state index contributed by atoms with van der Waals surface area (Å²) in [6.45, 7) is 0. The van der Waals surface area contributed by atoms with Crippen molar-refractivity contribution >= 4 is 23.7 Å². The van der Waals surface area contributed by atoms with E-state index in [1.165, 1.54) is 13.2 Å². The summed E-state index contributed by atoms with van der Waals surface area (Å²) < 4.78 is 10.4. The Morgan fingerprint density at radius 3 is 2.46 bits per heavy atom. The molecule has 6 nitrogen and oxygen atoms in total. The molecule has 0 aliphatic carbocycles. The number of carbonyl (C=O) groups is 2. The first kappa shape index (κ1) is 17.2. The first-order valence-electron chi connectivity index (χ1n) is 7.15. The summed E-state index contributed by atoms with van der Waals surface area (Å²) in [5, 5.41) is 9.18. The fourth-order valence-corrected chi connectivity index (χ4v) is 2.21. The van der Waals surface area contributed by atoms with Crippen molar-refractivity contribution in [2.75, 3.05) is 14.2 Å². The van der Waals surface area contributed by atoms with Gasteiger partial charge in [-0.25, -0.2) is 9.79 Å². The Bertz CT molecular complexity index is 783. The van der Waals surface area contributed by atoms with Crippen molar-refractivity contribution in [1.82, 2.24) is 0 Å². The Morgan fingerprint density at radius 1 is 1.12 bits per heavy atom. The third-order valence-corrected chi connectivity index (χ3v) is 3.37. The van der Waals surface area contributed by atoms with Gasteiger partial charge in [0, 0.05) is 6.42 Å². The third-order valence-electron chi connectivity index (χ3n) is 3.37. The second-order valence-corrected chi connectivity index (χ2v) is 4.91. The molecule has 0 atom stereocenters. The van der Waals surface area contributed by atoms with Gasteiger partial charge in [-0.1, -0.05) is 18.2 Å². The lowest BCUT2D eigenvalue weighted by atomic mass is 10.1. The number of aldehydes is 1. The number of hydrogen-bond donors (Lipinski definition) is 1. The van der Waals surface area contributed by atoms with Gasteiger partial charge in [-0.15, -0.1) is 0 Å². The number of carboxylic acids is 1. The average molecular weight is 327 g/mol. The molecular weight excluding hydrogens is 310 g/mol. The number of rotatable bonds is 7. The van der Waals surface area contributed by atoms with Crippen molar-refractivity contribution in [2.24, 2.45) is 4.99 Å². The van der Waals surface area contributed by atoms with E-state index in [1.54, 1.807) is 43.5 Å². The highest BCUT2D eigenvalue weighted by atomic mass is 16.5. The Kier molecular flexibility index (Phi) is 5.68. The molecular formula is C18H17NO5. The summed E-state index contributed by atoms with van der Waals surface area (Å²) in [5.41, 5.74) is 1.30. The molecule has 0 saturated carbocycles. The van der Waals surface area contributed by atoms with E-state index in [4.69, 9.17) is 9.47 Å². The van der Waals surface area contributed by atoms with E-state index >= 15 is 0 Å². The molecule has 2 aromatic carbocycles. The van der Waals surface area contributed by atoms with Crippen LogP contribution in [-0.2, 0) is 11.2 Å². The van der Waals surface area contributed by atoms with E-state index in [0.29, 0.717) is 17.8 Å². The molecule has 0 aliphatic heterocycles. The zero-order valence-corrected chi connectivity index (χ0v) is 13.4. The van der Waals surface area contributed by atoms with Gasteiger partial charge in [0.15, 0.2) is 17.8 Å². The van der Waals surface area contributed by atoms with Gasteiger partial charge in [-0.2, -0.15) is 0 Å². The molecule has 0 radical (unpaired) electrons. The van der Waals surface area contributed by atoms with E-state index in [9.17, 15) is 14.7 Å². The molecule has 0 spiro atoms. The first-order chi connectivity index (χ1) is 11.6.